The summed E-state index contributed by atoms with van der Waals surface area (Å²) in [5.74, 6) is -3.84. The van der Waals surface area contributed by atoms with Crippen molar-refractivity contribution in [3.8, 4) is 16.9 Å². The highest BCUT2D eigenvalue weighted by Gasteiger charge is 2.38. The first-order valence-electron chi connectivity index (χ1n) is 12.1. The van der Waals surface area contributed by atoms with Crippen molar-refractivity contribution in [2.45, 2.75) is 57.5 Å². The van der Waals surface area contributed by atoms with Crippen LogP contribution in [0.1, 0.15) is 72.9 Å². The van der Waals surface area contributed by atoms with Crippen molar-refractivity contribution in [1.82, 2.24) is 0 Å². The summed E-state index contributed by atoms with van der Waals surface area (Å²) in [6.07, 6.45) is 2.35. The Morgan fingerprint density at radius 2 is 1.39 bits per heavy atom. The van der Waals surface area contributed by atoms with Crippen LogP contribution in [0, 0.1) is 17.6 Å². The van der Waals surface area contributed by atoms with E-state index in [1.807, 2.05) is 0 Å². The van der Waals surface area contributed by atoms with Crippen molar-refractivity contribution in [2.24, 2.45) is 5.92 Å². The van der Waals surface area contributed by atoms with Crippen LogP contribution in [-0.2, 0) is 6.18 Å². The van der Waals surface area contributed by atoms with Crippen molar-refractivity contribution in [1.29, 1.82) is 0 Å². The molecular formula is C29H27F5O2. The molecule has 3 aromatic rings. The second-order valence-electron chi connectivity index (χ2n) is 9.35. The maximum absolute atomic E-state index is 13.7. The van der Waals surface area contributed by atoms with Crippen molar-refractivity contribution >= 4 is 5.97 Å². The molecule has 1 fully saturated rings. The second kappa shape index (κ2) is 10.8. The lowest BCUT2D eigenvalue weighted by Crippen LogP contribution is -2.13. The average Bonchev–Trinajstić information content (AvgIpc) is 2.84. The van der Waals surface area contributed by atoms with Gasteiger partial charge in [0.05, 0.1) is 5.56 Å². The molecule has 0 aromatic heterocycles. The SMILES string of the molecule is CCCC1CCC(c2ccc(-c3ccc(C(=O)Oc4cc(F)c(C(F)(F)F)c(F)c4)cc3)cc2)CC1. The highest BCUT2D eigenvalue weighted by molar-refractivity contribution is 5.91. The molecule has 0 saturated heterocycles. The number of hydrogen-bond acceptors (Lipinski definition) is 2. The number of ether oxygens (including phenoxy) is 1. The Kier molecular flexibility index (Phi) is 7.76. The number of hydrogen-bond donors (Lipinski definition) is 0. The normalized spacial score (nSPS) is 18.2. The first-order chi connectivity index (χ1) is 17.2. The van der Waals surface area contributed by atoms with Crippen molar-refractivity contribution < 1.29 is 31.5 Å². The van der Waals surface area contributed by atoms with E-state index in [1.165, 1.54) is 56.2 Å². The van der Waals surface area contributed by atoms with Gasteiger partial charge in [0, 0.05) is 12.1 Å². The molecule has 0 radical (unpaired) electrons. The number of rotatable bonds is 6. The fourth-order valence-corrected chi connectivity index (χ4v) is 4.98. The highest BCUT2D eigenvalue weighted by atomic mass is 19.4. The summed E-state index contributed by atoms with van der Waals surface area (Å²) in [6, 6.07) is 15.5. The number of alkyl halides is 3. The number of carbonyl (C=O) groups excluding carboxylic acids is 1. The molecule has 0 amide bonds. The molecule has 0 heterocycles. The third-order valence-electron chi connectivity index (χ3n) is 6.89. The van der Waals surface area contributed by atoms with E-state index in [0.29, 0.717) is 18.1 Å². The molecule has 1 aliphatic carbocycles. The summed E-state index contributed by atoms with van der Waals surface area (Å²) in [5, 5.41) is 0. The van der Waals surface area contributed by atoms with Crippen LogP contribution in [0.2, 0.25) is 0 Å². The van der Waals surface area contributed by atoms with Crippen LogP contribution < -0.4 is 4.74 Å². The van der Waals surface area contributed by atoms with E-state index in [2.05, 4.69) is 31.2 Å². The molecular weight excluding hydrogens is 475 g/mol. The molecule has 1 saturated carbocycles. The van der Waals surface area contributed by atoms with Gasteiger partial charge in [-0.3, -0.25) is 0 Å². The summed E-state index contributed by atoms with van der Waals surface area (Å²) in [6.45, 7) is 2.24. The largest absolute Gasteiger partial charge is 0.423 e. The van der Waals surface area contributed by atoms with E-state index in [-0.39, 0.29) is 5.56 Å². The standard InChI is InChI=1S/C29H27F5O2/c1-2-3-18-4-6-19(7-5-18)20-8-10-21(11-9-20)22-12-14-23(15-13-22)28(35)36-24-16-25(30)27(26(31)17-24)29(32,33)34/h8-19H,2-7H2,1H3. The fraction of sp³-hybridized carbons (Fsp3) is 0.345. The van der Waals surface area contributed by atoms with Gasteiger partial charge in [0.2, 0.25) is 0 Å². The summed E-state index contributed by atoms with van der Waals surface area (Å²) in [4.78, 5) is 12.4. The molecule has 0 N–H and O–H groups in total. The van der Waals surface area contributed by atoms with Crippen LogP contribution in [0.4, 0.5) is 22.0 Å². The minimum absolute atomic E-state index is 0.0972. The van der Waals surface area contributed by atoms with Crippen LogP contribution in [-0.4, -0.2) is 5.97 Å². The number of benzene rings is 3. The van der Waals surface area contributed by atoms with Crippen LogP contribution in [0.25, 0.3) is 11.1 Å². The Bertz CT molecular complexity index is 1170. The maximum atomic E-state index is 13.7. The molecule has 0 atom stereocenters. The van der Waals surface area contributed by atoms with Crippen LogP contribution >= 0.6 is 0 Å². The number of halogens is 5. The Hall–Kier alpha value is -3.22. The molecule has 190 valence electrons. The molecule has 0 bridgehead atoms. The van der Waals surface area contributed by atoms with E-state index in [1.54, 1.807) is 12.1 Å². The Morgan fingerprint density at radius 1 is 0.861 bits per heavy atom. The Morgan fingerprint density at radius 3 is 1.89 bits per heavy atom. The van der Waals surface area contributed by atoms with Gasteiger partial charge >= 0.3 is 12.1 Å². The quantitative estimate of drug-likeness (QED) is 0.191. The lowest BCUT2D eigenvalue weighted by molar-refractivity contribution is -0.142. The van der Waals surface area contributed by atoms with Crippen molar-refractivity contribution in [3.05, 3.63) is 89.0 Å². The summed E-state index contributed by atoms with van der Waals surface area (Å²) in [7, 11) is 0. The lowest BCUT2D eigenvalue weighted by Gasteiger charge is -2.28. The van der Waals surface area contributed by atoms with Crippen LogP contribution in [0.15, 0.2) is 60.7 Å². The van der Waals surface area contributed by atoms with Gasteiger partial charge in [-0.25, -0.2) is 13.6 Å². The van der Waals surface area contributed by atoms with Gasteiger partial charge < -0.3 is 4.74 Å². The molecule has 3 aromatic carbocycles. The van der Waals surface area contributed by atoms with Gasteiger partial charge in [0.1, 0.15) is 22.9 Å². The summed E-state index contributed by atoms with van der Waals surface area (Å²) >= 11 is 0. The first-order valence-corrected chi connectivity index (χ1v) is 12.1. The topological polar surface area (TPSA) is 26.3 Å². The molecule has 7 heteroatoms. The van der Waals surface area contributed by atoms with E-state index < -0.39 is 35.1 Å². The number of carbonyl (C=O) groups is 1. The van der Waals surface area contributed by atoms with Gasteiger partial charge in [-0.05, 0) is 66.3 Å². The summed E-state index contributed by atoms with van der Waals surface area (Å²) < 4.78 is 70.5. The molecule has 36 heavy (non-hydrogen) atoms. The zero-order chi connectivity index (χ0) is 25.9. The summed E-state index contributed by atoms with van der Waals surface area (Å²) in [5.41, 5.74) is 1.26. The van der Waals surface area contributed by atoms with E-state index in [4.69, 9.17) is 4.74 Å². The minimum Gasteiger partial charge on any atom is -0.423 e. The van der Waals surface area contributed by atoms with Gasteiger partial charge in [0.25, 0.3) is 0 Å². The Balaban J connectivity index is 1.40. The van der Waals surface area contributed by atoms with Crippen LogP contribution in [0.3, 0.4) is 0 Å². The minimum atomic E-state index is -5.20. The zero-order valence-corrected chi connectivity index (χ0v) is 19.9. The number of esters is 1. The third-order valence-corrected chi connectivity index (χ3v) is 6.89. The second-order valence-corrected chi connectivity index (χ2v) is 9.35. The molecule has 0 aliphatic heterocycles. The first kappa shape index (κ1) is 25.9. The molecule has 0 unspecified atom stereocenters. The predicted octanol–water partition coefficient (Wildman–Crippen LogP) is 8.94. The molecule has 0 spiro atoms. The molecule has 4 rings (SSSR count). The maximum Gasteiger partial charge on any atom is 0.422 e. The van der Waals surface area contributed by atoms with Gasteiger partial charge in [-0.1, -0.05) is 56.2 Å². The van der Waals surface area contributed by atoms with E-state index in [9.17, 15) is 26.7 Å². The van der Waals surface area contributed by atoms with E-state index >= 15 is 0 Å². The smallest absolute Gasteiger partial charge is 0.422 e. The molecule has 2 nitrogen and oxygen atoms in total. The lowest BCUT2D eigenvalue weighted by atomic mass is 9.77. The highest BCUT2D eigenvalue weighted by Crippen LogP contribution is 2.38. The predicted molar refractivity (Wildman–Crippen MR) is 128 cm³/mol. The van der Waals surface area contributed by atoms with Crippen molar-refractivity contribution in [2.75, 3.05) is 0 Å². The third kappa shape index (κ3) is 5.94. The average molecular weight is 503 g/mol. The van der Waals surface area contributed by atoms with Gasteiger partial charge in [0.15, 0.2) is 0 Å². The van der Waals surface area contributed by atoms with Crippen molar-refractivity contribution in [3.63, 3.8) is 0 Å². The van der Waals surface area contributed by atoms with Crippen LogP contribution in [0.5, 0.6) is 5.75 Å². The molecule has 1 aliphatic rings. The van der Waals surface area contributed by atoms with E-state index in [0.717, 1.165) is 17.0 Å². The fourth-order valence-electron chi connectivity index (χ4n) is 4.98. The monoisotopic (exact) mass is 502 g/mol. The van der Waals surface area contributed by atoms with Gasteiger partial charge in [-0.2, -0.15) is 13.2 Å². The zero-order valence-electron chi connectivity index (χ0n) is 19.9. The van der Waals surface area contributed by atoms with Gasteiger partial charge in [-0.15, -0.1) is 0 Å². The Labute approximate surface area is 207 Å².